The summed E-state index contributed by atoms with van der Waals surface area (Å²) in [6, 6.07) is 8.56. The quantitative estimate of drug-likeness (QED) is 0.811. The van der Waals surface area contributed by atoms with Crippen LogP contribution in [0, 0.1) is 0 Å². The highest BCUT2D eigenvalue weighted by Crippen LogP contribution is 2.38. The Labute approximate surface area is 143 Å². The molecule has 2 aliphatic rings. The molecule has 0 spiro atoms. The van der Waals surface area contributed by atoms with Crippen molar-refractivity contribution in [2.75, 3.05) is 19.7 Å². The zero-order chi connectivity index (χ0) is 16.4. The average Bonchev–Trinajstić information content (AvgIpc) is 3.23. The Morgan fingerprint density at radius 2 is 1.92 bits per heavy atom. The van der Waals surface area contributed by atoms with Crippen LogP contribution in [0.15, 0.2) is 28.8 Å². The van der Waals surface area contributed by atoms with Gasteiger partial charge in [-0.05, 0) is 51.3 Å². The standard InChI is InChI=1S/C19H25N3O2/c1-2-23-17-11-16(12-17)19-20-18(21-24-19)15-7-5-14(6-8-15)13-22-9-3-4-10-22/h5-8,16-17H,2-4,9-13H2,1H3. The number of rotatable bonds is 6. The Morgan fingerprint density at radius 1 is 1.17 bits per heavy atom. The Balaban J connectivity index is 1.37. The molecule has 0 amide bonds. The average molecular weight is 327 g/mol. The zero-order valence-corrected chi connectivity index (χ0v) is 14.3. The maximum Gasteiger partial charge on any atom is 0.230 e. The van der Waals surface area contributed by atoms with E-state index in [1.54, 1.807) is 0 Å². The molecule has 2 fully saturated rings. The second-order valence-corrected chi connectivity index (χ2v) is 6.88. The van der Waals surface area contributed by atoms with Crippen LogP contribution in [0.3, 0.4) is 0 Å². The van der Waals surface area contributed by atoms with E-state index in [1.165, 1.54) is 31.5 Å². The van der Waals surface area contributed by atoms with Crippen LogP contribution >= 0.6 is 0 Å². The summed E-state index contributed by atoms with van der Waals surface area (Å²) in [5.74, 6) is 1.80. The molecule has 0 radical (unpaired) electrons. The molecule has 128 valence electrons. The molecule has 24 heavy (non-hydrogen) atoms. The van der Waals surface area contributed by atoms with E-state index in [0.717, 1.165) is 37.4 Å². The molecule has 0 N–H and O–H groups in total. The molecule has 1 aromatic heterocycles. The Bertz CT molecular complexity index is 656. The van der Waals surface area contributed by atoms with Gasteiger partial charge >= 0.3 is 0 Å². The van der Waals surface area contributed by atoms with Gasteiger partial charge < -0.3 is 9.26 Å². The third-order valence-corrected chi connectivity index (χ3v) is 5.11. The number of benzene rings is 1. The van der Waals surface area contributed by atoms with E-state index in [-0.39, 0.29) is 0 Å². The van der Waals surface area contributed by atoms with Gasteiger partial charge in [0, 0.05) is 24.6 Å². The number of aromatic nitrogens is 2. The van der Waals surface area contributed by atoms with Crippen LogP contribution in [-0.4, -0.2) is 40.8 Å². The molecule has 2 heterocycles. The third kappa shape index (κ3) is 3.37. The van der Waals surface area contributed by atoms with Crippen molar-refractivity contribution in [3.05, 3.63) is 35.7 Å². The van der Waals surface area contributed by atoms with Gasteiger partial charge in [0.1, 0.15) is 0 Å². The molecule has 5 heteroatoms. The molecular weight excluding hydrogens is 302 g/mol. The normalized spacial score (nSPS) is 24.2. The minimum Gasteiger partial charge on any atom is -0.378 e. The fraction of sp³-hybridized carbons (Fsp3) is 0.579. The molecule has 4 rings (SSSR count). The fourth-order valence-corrected chi connectivity index (χ4v) is 3.62. The Morgan fingerprint density at radius 3 is 2.62 bits per heavy atom. The first-order chi connectivity index (χ1) is 11.8. The van der Waals surface area contributed by atoms with Crippen molar-refractivity contribution in [3.63, 3.8) is 0 Å². The maximum absolute atomic E-state index is 5.59. The lowest BCUT2D eigenvalue weighted by atomic mass is 9.82. The summed E-state index contributed by atoms with van der Waals surface area (Å²) in [6.07, 6.45) is 5.00. The molecular formula is C19H25N3O2. The summed E-state index contributed by atoms with van der Waals surface area (Å²) in [6.45, 7) is 6.29. The lowest BCUT2D eigenvalue weighted by Crippen LogP contribution is -2.29. The van der Waals surface area contributed by atoms with E-state index in [0.29, 0.717) is 17.8 Å². The Hall–Kier alpha value is -1.72. The molecule has 0 unspecified atom stereocenters. The van der Waals surface area contributed by atoms with Crippen LogP contribution in [0.5, 0.6) is 0 Å². The van der Waals surface area contributed by atoms with Crippen molar-refractivity contribution < 1.29 is 9.26 Å². The van der Waals surface area contributed by atoms with Gasteiger partial charge in [0.2, 0.25) is 11.7 Å². The van der Waals surface area contributed by atoms with E-state index in [9.17, 15) is 0 Å². The van der Waals surface area contributed by atoms with E-state index in [2.05, 4.69) is 39.3 Å². The minimum atomic E-state index is 0.359. The summed E-state index contributed by atoms with van der Waals surface area (Å²) in [5.41, 5.74) is 2.37. The van der Waals surface area contributed by atoms with E-state index in [1.807, 2.05) is 6.92 Å². The zero-order valence-electron chi connectivity index (χ0n) is 14.3. The van der Waals surface area contributed by atoms with Gasteiger partial charge in [-0.15, -0.1) is 0 Å². The minimum absolute atomic E-state index is 0.359. The smallest absolute Gasteiger partial charge is 0.230 e. The van der Waals surface area contributed by atoms with Crippen molar-refractivity contribution in [3.8, 4) is 11.4 Å². The lowest BCUT2D eigenvalue weighted by Gasteiger charge is -2.32. The van der Waals surface area contributed by atoms with Crippen molar-refractivity contribution in [1.82, 2.24) is 15.0 Å². The van der Waals surface area contributed by atoms with Crippen molar-refractivity contribution in [2.24, 2.45) is 0 Å². The number of ether oxygens (including phenoxy) is 1. The fourth-order valence-electron chi connectivity index (χ4n) is 3.62. The van der Waals surface area contributed by atoms with Crippen molar-refractivity contribution in [2.45, 2.75) is 51.2 Å². The lowest BCUT2D eigenvalue weighted by molar-refractivity contribution is -0.00961. The summed E-state index contributed by atoms with van der Waals surface area (Å²) in [5, 5.41) is 4.16. The summed E-state index contributed by atoms with van der Waals surface area (Å²) in [4.78, 5) is 7.09. The van der Waals surface area contributed by atoms with Crippen LogP contribution < -0.4 is 0 Å². The SMILES string of the molecule is CCOC1CC(c2nc(-c3ccc(CN4CCCC4)cc3)no2)C1. The van der Waals surface area contributed by atoms with Gasteiger partial charge in [-0.3, -0.25) is 4.90 Å². The van der Waals surface area contributed by atoms with E-state index < -0.39 is 0 Å². The molecule has 2 aromatic rings. The number of hydrogen-bond acceptors (Lipinski definition) is 5. The Kier molecular flexibility index (Phi) is 4.63. The molecule has 1 aromatic carbocycles. The van der Waals surface area contributed by atoms with Crippen LogP contribution in [0.1, 0.15) is 50.0 Å². The first-order valence-corrected chi connectivity index (χ1v) is 9.08. The van der Waals surface area contributed by atoms with Gasteiger partial charge in [-0.2, -0.15) is 4.98 Å². The molecule has 1 saturated carbocycles. The molecule has 0 bridgehead atoms. The van der Waals surface area contributed by atoms with E-state index in [4.69, 9.17) is 9.26 Å². The molecule has 1 saturated heterocycles. The first-order valence-electron chi connectivity index (χ1n) is 9.08. The molecule has 1 aliphatic heterocycles. The van der Waals surface area contributed by atoms with E-state index >= 15 is 0 Å². The largest absolute Gasteiger partial charge is 0.378 e. The van der Waals surface area contributed by atoms with Crippen LogP contribution in [0.4, 0.5) is 0 Å². The second kappa shape index (κ2) is 7.03. The monoisotopic (exact) mass is 327 g/mol. The molecule has 0 atom stereocenters. The van der Waals surface area contributed by atoms with Crippen molar-refractivity contribution in [1.29, 1.82) is 0 Å². The predicted molar refractivity (Wildman–Crippen MR) is 91.6 cm³/mol. The number of nitrogens with zero attached hydrogens (tertiary/aromatic N) is 3. The topological polar surface area (TPSA) is 51.4 Å². The van der Waals surface area contributed by atoms with Gasteiger partial charge in [0.15, 0.2) is 0 Å². The van der Waals surface area contributed by atoms with Crippen LogP contribution in [-0.2, 0) is 11.3 Å². The highest BCUT2D eigenvalue weighted by atomic mass is 16.5. The van der Waals surface area contributed by atoms with Crippen LogP contribution in [0.2, 0.25) is 0 Å². The maximum atomic E-state index is 5.59. The summed E-state index contributed by atoms with van der Waals surface area (Å²) < 4.78 is 11.1. The summed E-state index contributed by atoms with van der Waals surface area (Å²) >= 11 is 0. The number of hydrogen-bond donors (Lipinski definition) is 0. The third-order valence-electron chi connectivity index (χ3n) is 5.11. The highest BCUT2D eigenvalue weighted by molar-refractivity contribution is 5.54. The molecule has 5 nitrogen and oxygen atoms in total. The van der Waals surface area contributed by atoms with Crippen molar-refractivity contribution >= 4 is 0 Å². The predicted octanol–water partition coefficient (Wildman–Crippen LogP) is 3.61. The van der Waals surface area contributed by atoms with Gasteiger partial charge in [0.25, 0.3) is 0 Å². The molecule has 1 aliphatic carbocycles. The van der Waals surface area contributed by atoms with Gasteiger partial charge in [-0.1, -0.05) is 29.4 Å². The summed E-state index contributed by atoms with van der Waals surface area (Å²) in [7, 11) is 0. The first kappa shape index (κ1) is 15.8. The highest BCUT2D eigenvalue weighted by Gasteiger charge is 2.34. The second-order valence-electron chi connectivity index (χ2n) is 6.88. The van der Waals surface area contributed by atoms with Gasteiger partial charge in [0.05, 0.1) is 6.10 Å². The van der Waals surface area contributed by atoms with Crippen LogP contribution in [0.25, 0.3) is 11.4 Å². The van der Waals surface area contributed by atoms with Gasteiger partial charge in [-0.25, -0.2) is 0 Å². The number of likely N-dealkylation sites (tertiary alicyclic amines) is 1.